The van der Waals surface area contributed by atoms with Crippen molar-refractivity contribution in [1.82, 2.24) is 4.72 Å². The van der Waals surface area contributed by atoms with Crippen molar-refractivity contribution in [2.45, 2.75) is 37.7 Å². The van der Waals surface area contributed by atoms with Gasteiger partial charge >= 0.3 is 0 Å². The average Bonchev–Trinajstić information content (AvgIpc) is 2.28. The van der Waals surface area contributed by atoms with Crippen LogP contribution in [0.3, 0.4) is 0 Å². The molecule has 0 aromatic heterocycles. The van der Waals surface area contributed by atoms with E-state index >= 15 is 0 Å². The fraction of sp³-hybridized carbons (Fsp3) is 0.417. The summed E-state index contributed by atoms with van der Waals surface area (Å²) in [6.07, 6.45) is -1.37. The Balaban J connectivity index is 2.96. The van der Waals surface area contributed by atoms with Gasteiger partial charge in [-0.25, -0.2) is 13.1 Å². The van der Waals surface area contributed by atoms with Crippen LogP contribution >= 0.6 is 0 Å². The first-order chi connectivity index (χ1) is 8.24. The Morgan fingerprint density at radius 3 is 2.06 bits per heavy atom. The molecule has 0 aliphatic heterocycles. The minimum atomic E-state index is -3.91. The Kier molecular flexibility index (Phi) is 4.48. The number of sulfonamides is 1. The van der Waals surface area contributed by atoms with E-state index in [9.17, 15) is 13.2 Å². The fourth-order valence-corrected chi connectivity index (χ4v) is 2.36. The number of benzene rings is 1. The zero-order valence-electron chi connectivity index (χ0n) is 10.5. The predicted octanol–water partition coefficient (Wildman–Crippen LogP) is 0.996. The van der Waals surface area contributed by atoms with E-state index in [-0.39, 0.29) is 4.90 Å². The molecule has 100 valence electrons. The molecule has 1 rings (SSSR count). The van der Waals surface area contributed by atoms with Gasteiger partial charge in [-0.15, -0.1) is 0 Å². The normalized spacial score (nSPS) is 13.4. The van der Waals surface area contributed by atoms with Crippen LogP contribution in [-0.2, 0) is 14.8 Å². The van der Waals surface area contributed by atoms with Crippen LogP contribution in [0.2, 0.25) is 0 Å². The van der Waals surface area contributed by atoms with Gasteiger partial charge in [-0.05, 0) is 30.5 Å². The Morgan fingerprint density at radius 1 is 1.17 bits per heavy atom. The van der Waals surface area contributed by atoms with Crippen molar-refractivity contribution in [3.63, 3.8) is 0 Å². The Hall–Kier alpha value is -1.40. The minimum absolute atomic E-state index is 0.000833. The molecule has 1 atom stereocenters. The van der Waals surface area contributed by atoms with Crippen molar-refractivity contribution in [1.29, 1.82) is 0 Å². The summed E-state index contributed by atoms with van der Waals surface area (Å²) >= 11 is 0. The molecule has 18 heavy (non-hydrogen) atoms. The Labute approximate surface area is 107 Å². The number of amides is 1. The second-order valence-electron chi connectivity index (χ2n) is 4.37. The van der Waals surface area contributed by atoms with Gasteiger partial charge in [0.15, 0.2) is 0 Å². The number of carbonyl (C=O) groups excluding carboxylic acids is 1. The number of carbonyl (C=O) groups is 1. The lowest BCUT2D eigenvalue weighted by molar-refractivity contribution is -0.126. The quantitative estimate of drug-likeness (QED) is 0.855. The molecule has 0 fully saturated rings. The molecule has 0 saturated heterocycles. The van der Waals surface area contributed by atoms with Crippen molar-refractivity contribution in [2.75, 3.05) is 0 Å². The predicted molar refractivity (Wildman–Crippen MR) is 67.5 cm³/mol. The van der Waals surface area contributed by atoms with Crippen LogP contribution in [0.1, 0.15) is 32.3 Å². The van der Waals surface area contributed by atoms with Gasteiger partial charge in [0.2, 0.25) is 0 Å². The maximum atomic E-state index is 11.8. The summed E-state index contributed by atoms with van der Waals surface area (Å²) in [4.78, 5) is 11.2. The number of nitrogens with one attached hydrogen (secondary N) is 1. The number of aliphatic hydroxyl groups excluding tert-OH is 1. The highest BCUT2D eigenvalue weighted by molar-refractivity contribution is 7.90. The van der Waals surface area contributed by atoms with Crippen LogP contribution in [0.4, 0.5) is 0 Å². The standard InChI is InChI=1S/C12H17NO4S/c1-8(2)10-4-6-11(7-5-10)18(16,17)13-12(15)9(3)14/h4-9,14H,1-3H3,(H,13,15)/t9-/m1/s1. The average molecular weight is 271 g/mol. The molecule has 0 aliphatic rings. The maximum absolute atomic E-state index is 11.8. The van der Waals surface area contributed by atoms with Crippen LogP contribution < -0.4 is 4.72 Å². The molecule has 0 spiro atoms. The monoisotopic (exact) mass is 271 g/mol. The van der Waals surface area contributed by atoms with Crippen LogP contribution in [0, 0.1) is 0 Å². The fourth-order valence-electron chi connectivity index (χ4n) is 1.31. The lowest BCUT2D eigenvalue weighted by atomic mass is 10.0. The molecule has 0 aliphatic carbocycles. The highest BCUT2D eigenvalue weighted by atomic mass is 32.2. The molecule has 2 N–H and O–H groups in total. The van der Waals surface area contributed by atoms with Crippen LogP contribution in [0.25, 0.3) is 0 Å². The van der Waals surface area contributed by atoms with Crippen LogP contribution in [0.5, 0.6) is 0 Å². The summed E-state index contributed by atoms with van der Waals surface area (Å²) in [6, 6.07) is 6.28. The summed E-state index contributed by atoms with van der Waals surface area (Å²) in [5, 5.41) is 8.97. The SMILES string of the molecule is CC(C)c1ccc(S(=O)(=O)NC(=O)[C@@H](C)O)cc1. The second-order valence-corrected chi connectivity index (χ2v) is 6.05. The summed E-state index contributed by atoms with van der Waals surface area (Å²) in [6.45, 7) is 5.20. The lowest BCUT2D eigenvalue weighted by Crippen LogP contribution is -2.37. The van der Waals surface area contributed by atoms with Crippen molar-refractivity contribution < 1.29 is 18.3 Å². The van der Waals surface area contributed by atoms with E-state index < -0.39 is 22.0 Å². The van der Waals surface area contributed by atoms with Gasteiger partial charge in [0.05, 0.1) is 4.90 Å². The molecule has 0 radical (unpaired) electrons. The van der Waals surface area contributed by atoms with E-state index in [2.05, 4.69) is 0 Å². The van der Waals surface area contributed by atoms with Gasteiger partial charge in [0.25, 0.3) is 15.9 Å². The molecule has 0 bridgehead atoms. The molecule has 5 nitrogen and oxygen atoms in total. The van der Waals surface area contributed by atoms with Gasteiger partial charge in [-0.3, -0.25) is 4.79 Å². The summed E-state index contributed by atoms with van der Waals surface area (Å²) in [7, 11) is -3.91. The van der Waals surface area contributed by atoms with Gasteiger partial charge in [0, 0.05) is 0 Å². The van der Waals surface area contributed by atoms with E-state index in [4.69, 9.17) is 5.11 Å². The van der Waals surface area contributed by atoms with E-state index in [1.54, 1.807) is 16.9 Å². The summed E-state index contributed by atoms with van der Waals surface area (Å²) in [5.41, 5.74) is 1.01. The third-order valence-electron chi connectivity index (χ3n) is 2.47. The van der Waals surface area contributed by atoms with Crippen molar-refractivity contribution >= 4 is 15.9 Å². The molecule has 0 unspecified atom stereocenters. The van der Waals surface area contributed by atoms with Gasteiger partial charge in [0.1, 0.15) is 6.10 Å². The van der Waals surface area contributed by atoms with Crippen molar-refractivity contribution in [3.8, 4) is 0 Å². The van der Waals surface area contributed by atoms with E-state index in [1.807, 2.05) is 13.8 Å². The molecule has 6 heteroatoms. The molecular formula is C12H17NO4S. The summed E-state index contributed by atoms with van der Waals surface area (Å²) in [5.74, 6) is -0.642. The molecular weight excluding hydrogens is 254 g/mol. The largest absolute Gasteiger partial charge is 0.384 e. The minimum Gasteiger partial charge on any atom is -0.384 e. The number of aliphatic hydroxyl groups is 1. The van der Waals surface area contributed by atoms with Gasteiger partial charge in [-0.2, -0.15) is 0 Å². The van der Waals surface area contributed by atoms with E-state index in [0.29, 0.717) is 5.92 Å². The summed E-state index contributed by atoms with van der Waals surface area (Å²) < 4.78 is 25.4. The zero-order chi connectivity index (χ0) is 13.9. The first kappa shape index (κ1) is 14.7. The third-order valence-corrected chi connectivity index (χ3v) is 3.83. The van der Waals surface area contributed by atoms with Crippen LogP contribution in [0.15, 0.2) is 29.2 Å². The highest BCUT2D eigenvalue weighted by Crippen LogP contribution is 2.17. The van der Waals surface area contributed by atoms with Gasteiger partial charge in [-0.1, -0.05) is 26.0 Å². The van der Waals surface area contributed by atoms with Crippen molar-refractivity contribution in [2.24, 2.45) is 0 Å². The second kappa shape index (κ2) is 5.49. The first-order valence-corrected chi connectivity index (χ1v) is 7.07. The maximum Gasteiger partial charge on any atom is 0.264 e. The molecule has 1 aromatic rings. The van der Waals surface area contributed by atoms with Crippen LogP contribution in [-0.4, -0.2) is 25.5 Å². The number of rotatable bonds is 4. The molecule has 1 amide bonds. The molecule has 1 aromatic carbocycles. The lowest BCUT2D eigenvalue weighted by Gasteiger charge is -2.10. The van der Waals surface area contributed by atoms with E-state index in [0.717, 1.165) is 5.56 Å². The third kappa shape index (κ3) is 3.54. The Bertz CT molecular complexity index is 518. The first-order valence-electron chi connectivity index (χ1n) is 5.58. The van der Waals surface area contributed by atoms with E-state index in [1.165, 1.54) is 19.1 Å². The van der Waals surface area contributed by atoms with Gasteiger partial charge < -0.3 is 5.11 Å². The molecule has 0 saturated carbocycles. The number of hydrogen-bond donors (Lipinski definition) is 2. The highest BCUT2D eigenvalue weighted by Gasteiger charge is 2.20. The zero-order valence-corrected chi connectivity index (χ0v) is 11.4. The Morgan fingerprint density at radius 2 is 1.67 bits per heavy atom. The van der Waals surface area contributed by atoms with Crippen molar-refractivity contribution in [3.05, 3.63) is 29.8 Å². The number of hydrogen-bond acceptors (Lipinski definition) is 4. The molecule has 0 heterocycles. The smallest absolute Gasteiger partial charge is 0.264 e. The topological polar surface area (TPSA) is 83.5 Å².